The molecule has 0 atom stereocenters. The van der Waals surface area contributed by atoms with Gasteiger partial charge >= 0.3 is 0 Å². The molecule has 2 saturated heterocycles. The fraction of sp³-hybridized carbons (Fsp3) is 0.500. The fourth-order valence-electron chi connectivity index (χ4n) is 2.66. The molecule has 0 bridgehead atoms. The van der Waals surface area contributed by atoms with Gasteiger partial charge in [-0.05, 0) is 37.2 Å². The van der Waals surface area contributed by atoms with Gasteiger partial charge in [0, 0.05) is 35.2 Å². The van der Waals surface area contributed by atoms with E-state index in [1.165, 1.54) is 38.3 Å². The molecule has 0 aromatic heterocycles. The predicted octanol–water partition coefficient (Wildman–Crippen LogP) is 2.25. The van der Waals surface area contributed by atoms with Gasteiger partial charge in [-0.25, -0.2) is 0 Å². The maximum atomic E-state index is 3.47. The van der Waals surface area contributed by atoms with Gasteiger partial charge in [-0.1, -0.05) is 15.9 Å². The summed E-state index contributed by atoms with van der Waals surface area (Å²) in [7, 11) is 0. The Morgan fingerprint density at radius 1 is 1.20 bits per heavy atom. The van der Waals surface area contributed by atoms with Crippen molar-refractivity contribution in [3.8, 4) is 0 Å². The van der Waals surface area contributed by atoms with E-state index in [2.05, 4.69) is 50.4 Å². The fourth-order valence-corrected chi connectivity index (χ4v) is 2.93. The second-order valence-electron chi connectivity index (χ2n) is 4.76. The summed E-state index contributed by atoms with van der Waals surface area (Å²) < 4.78 is 1.16. The van der Waals surface area contributed by atoms with Gasteiger partial charge in [0.05, 0.1) is 0 Å². The van der Waals surface area contributed by atoms with Gasteiger partial charge in [0.1, 0.15) is 0 Å². The topological polar surface area (TPSA) is 15.3 Å². The highest BCUT2D eigenvalue weighted by Gasteiger charge is 2.44. The summed E-state index contributed by atoms with van der Waals surface area (Å²) in [6.45, 7) is 4.86. The molecule has 0 unspecified atom stereocenters. The predicted molar refractivity (Wildman–Crippen MR) is 66.3 cm³/mol. The second-order valence-corrected chi connectivity index (χ2v) is 5.67. The van der Waals surface area contributed by atoms with E-state index in [-0.39, 0.29) is 0 Å². The van der Waals surface area contributed by atoms with Crippen molar-refractivity contribution in [2.24, 2.45) is 5.41 Å². The number of benzene rings is 1. The Kier molecular flexibility index (Phi) is 2.25. The molecule has 3 heteroatoms. The standard InChI is InChI=1S/C12H15BrN2/c13-10-1-3-11(4-2-10)15-8-12(9-15)5-6-14-7-12/h1-4,14H,5-9H2. The SMILES string of the molecule is Brc1ccc(N2CC3(CCNC3)C2)cc1. The van der Waals surface area contributed by atoms with Crippen molar-refractivity contribution in [1.29, 1.82) is 0 Å². The summed E-state index contributed by atoms with van der Waals surface area (Å²) in [6.07, 6.45) is 1.35. The second kappa shape index (κ2) is 3.49. The van der Waals surface area contributed by atoms with Crippen molar-refractivity contribution in [3.05, 3.63) is 28.7 Å². The van der Waals surface area contributed by atoms with E-state index in [0.717, 1.165) is 4.47 Å². The highest BCUT2D eigenvalue weighted by Crippen LogP contribution is 2.38. The normalized spacial score (nSPS) is 23.1. The van der Waals surface area contributed by atoms with Crippen molar-refractivity contribution < 1.29 is 0 Å². The Bertz CT molecular complexity index is 346. The first-order valence-corrected chi connectivity index (χ1v) is 6.28. The van der Waals surface area contributed by atoms with E-state index in [1.54, 1.807) is 0 Å². The lowest BCUT2D eigenvalue weighted by molar-refractivity contribution is 0.243. The number of halogens is 1. The van der Waals surface area contributed by atoms with E-state index < -0.39 is 0 Å². The molecule has 2 nitrogen and oxygen atoms in total. The molecule has 3 rings (SSSR count). The van der Waals surface area contributed by atoms with Crippen molar-refractivity contribution in [2.45, 2.75) is 6.42 Å². The Morgan fingerprint density at radius 3 is 2.53 bits per heavy atom. The van der Waals surface area contributed by atoms with Crippen molar-refractivity contribution in [2.75, 3.05) is 31.1 Å². The van der Waals surface area contributed by atoms with Gasteiger partial charge in [0.15, 0.2) is 0 Å². The number of nitrogens with zero attached hydrogens (tertiary/aromatic N) is 1. The first-order chi connectivity index (χ1) is 7.27. The number of nitrogens with one attached hydrogen (secondary N) is 1. The van der Waals surface area contributed by atoms with Crippen LogP contribution in [0.4, 0.5) is 5.69 Å². The molecular formula is C12H15BrN2. The number of anilines is 1. The zero-order valence-electron chi connectivity index (χ0n) is 8.67. The number of hydrogen-bond donors (Lipinski definition) is 1. The molecule has 80 valence electrons. The summed E-state index contributed by atoms with van der Waals surface area (Å²) in [5.74, 6) is 0. The molecule has 1 aromatic carbocycles. The van der Waals surface area contributed by atoms with Crippen LogP contribution in [0.3, 0.4) is 0 Å². The maximum absolute atomic E-state index is 3.47. The van der Waals surface area contributed by atoms with Crippen LogP contribution in [0.1, 0.15) is 6.42 Å². The average molecular weight is 267 g/mol. The number of hydrogen-bond acceptors (Lipinski definition) is 2. The van der Waals surface area contributed by atoms with Crippen LogP contribution in [0.25, 0.3) is 0 Å². The van der Waals surface area contributed by atoms with E-state index in [9.17, 15) is 0 Å². The third-order valence-corrected chi connectivity index (χ3v) is 4.11. The lowest BCUT2D eigenvalue weighted by atomic mass is 9.79. The van der Waals surface area contributed by atoms with Crippen molar-refractivity contribution >= 4 is 21.6 Å². The maximum Gasteiger partial charge on any atom is 0.0367 e. The first-order valence-electron chi connectivity index (χ1n) is 5.49. The summed E-state index contributed by atoms with van der Waals surface area (Å²) in [5, 5.41) is 3.46. The molecule has 2 aliphatic rings. The highest BCUT2D eigenvalue weighted by atomic mass is 79.9. The summed E-state index contributed by atoms with van der Waals surface area (Å²) in [4.78, 5) is 2.47. The van der Waals surface area contributed by atoms with Crippen LogP contribution in [-0.2, 0) is 0 Å². The monoisotopic (exact) mass is 266 g/mol. The van der Waals surface area contributed by atoms with E-state index in [1.807, 2.05) is 0 Å². The third-order valence-electron chi connectivity index (χ3n) is 3.58. The molecule has 1 N–H and O–H groups in total. The minimum Gasteiger partial charge on any atom is -0.370 e. The van der Waals surface area contributed by atoms with Gasteiger partial charge in [0.25, 0.3) is 0 Å². The lowest BCUT2D eigenvalue weighted by Gasteiger charge is -2.49. The smallest absolute Gasteiger partial charge is 0.0367 e. The summed E-state index contributed by atoms with van der Waals surface area (Å²) in [5.41, 5.74) is 1.95. The van der Waals surface area contributed by atoms with E-state index >= 15 is 0 Å². The van der Waals surface area contributed by atoms with Crippen LogP contribution < -0.4 is 10.2 Å². The molecule has 0 aliphatic carbocycles. The highest BCUT2D eigenvalue weighted by molar-refractivity contribution is 9.10. The van der Waals surface area contributed by atoms with E-state index in [0.29, 0.717) is 5.41 Å². The Labute approximate surface area is 98.8 Å². The molecule has 1 spiro atoms. The Morgan fingerprint density at radius 2 is 1.93 bits per heavy atom. The van der Waals surface area contributed by atoms with Crippen LogP contribution >= 0.6 is 15.9 Å². The van der Waals surface area contributed by atoms with Crippen LogP contribution in [-0.4, -0.2) is 26.2 Å². The zero-order chi connectivity index (χ0) is 10.3. The Hall–Kier alpha value is -0.540. The molecular weight excluding hydrogens is 252 g/mol. The minimum absolute atomic E-state index is 0.590. The Balaban J connectivity index is 1.69. The summed E-state index contributed by atoms with van der Waals surface area (Å²) in [6, 6.07) is 8.62. The van der Waals surface area contributed by atoms with E-state index in [4.69, 9.17) is 0 Å². The molecule has 2 fully saturated rings. The largest absolute Gasteiger partial charge is 0.370 e. The number of rotatable bonds is 1. The first kappa shape index (κ1) is 9.67. The van der Waals surface area contributed by atoms with Crippen LogP contribution in [0.2, 0.25) is 0 Å². The van der Waals surface area contributed by atoms with Crippen LogP contribution in [0.5, 0.6) is 0 Å². The van der Waals surface area contributed by atoms with Crippen molar-refractivity contribution in [1.82, 2.24) is 5.32 Å². The molecule has 0 saturated carbocycles. The minimum atomic E-state index is 0.590. The quantitative estimate of drug-likeness (QED) is 0.839. The molecule has 0 amide bonds. The van der Waals surface area contributed by atoms with Gasteiger partial charge < -0.3 is 10.2 Å². The third kappa shape index (κ3) is 1.68. The molecule has 0 radical (unpaired) electrons. The molecule has 15 heavy (non-hydrogen) atoms. The molecule has 1 aromatic rings. The van der Waals surface area contributed by atoms with Gasteiger partial charge in [-0.15, -0.1) is 0 Å². The van der Waals surface area contributed by atoms with Crippen LogP contribution in [0.15, 0.2) is 28.7 Å². The average Bonchev–Trinajstić information content (AvgIpc) is 2.66. The molecule has 2 heterocycles. The lowest BCUT2D eigenvalue weighted by Crippen LogP contribution is -2.57. The van der Waals surface area contributed by atoms with Gasteiger partial charge in [-0.3, -0.25) is 0 Å². The molecule has 2 aliphatic heterocycles. The summed E-state index contributed by atoms with van der Waals surface area (Å²) >= 11 is 3.47. The van der Waals surface area contributed by atoms with Gasteiger partial charge in [0.2, 0.25) is 0 Å². The van der Waals surface area contributed by atoms with Gasteiger partial charge in [-0.2, -0.15) is 0 Å². The van der Waals surface area contributed by atoms with Crippen LogP contribution in [0, 0.1) is 5.41 Å². The van der Waals surface area contributed by atoms with Crippen molar-refractivity contribution in [3.63, 3.8) is 0 Å². The zero-order valence-corrected chi connectivity index (χ0v) is 10.3.